The third-order valence-electron chi connectivity index (χ3n) is 6.72. The van der Waals surface area contributed by atoms with Gasteiger partial charge in [-0.3, -0.25) is 9.36 Å². The van der Waals surface area contributed by atoms with Crippen molar-refractivity contribution in [3.8, 4) is 11.5 Å². The van der Waals surface area contributed by atoms with Crippen LogP contribution >= 0.6 is 42.7 Å². The summed E-state index contributed by atoms with van der Waals surface area (Å²) < 4.78 is 61.4. The van der Waals surface area contributed by atoms with Crippen molar-refractivity contribution in [2.45, 2.75) is 115 Å². The molecule has 0 bridgehead atoms. The normalized spacial score (nSPS) is 20.1. The number of anilines is 1. The fraction of sp³-hybridized carbons (Fsp3) is 0.576. The number of imide groups is 1. The molecule has 1 aromatic heterocycles. The van der Waals surface area contributed by atoms with Crippen molar-refractivity contribution >= 4 is 72.8 Å². The molecule has 3 rings (SSSR count). The summed E-state index contributed by atoms with van der Waals surface area (Å²) in [6, 6.07) is 1.90. The van der Waals surface area contributed by atoms with E-state index in [-0.39, 0.29) is 10.0 Å². The van der Waals surface area contributed by atoms with Gasteiger partial charge in [-0.05, 0) is 87.4 Å². The number of aromatic nitrogens is 2. The second-order valence-corrected chi connectivity index (χ2v) is 18.8. The number of alkyl halides is 1. The van der Waals surface area contributed by atoms with E-state index in [4.69, 9.17) is 56.9 Å². The van der Waals surface area contributed by atoms with Gasteiger partial charge in [-0.15, -0.1) is 11.8 Å². The topological polar surface area (TPSA) is 241 Å². The van der Waals surface area contributed by atoms with Gasteiger partial charge in [0, 0.05) is 6.20 Å². The van der Waals surface area contributed by atoms with E-state index >= 15 is 4.39 Å². The summed E-state index contributed by atoms with van der Waals surface area (Å²) in [6.07, 6.45) is -6.42. The molecule has 57 heavy (non-hydrogen) atoms. The first kappa shape index (κ1) is 47.5. The zero-order valence-corrected chi connectivity index (χ0v) is 35.7. The predicted molar refractivity (Wildman–Crippen MR) is 204 cm³/mol. The molecule has 1 aliphatic rings. The van der Waals surface area contributed by atoms with E-state index in [2.05, 4.69) is 9.66 Å². The molecule has 0 spiro atoms. The lowest BCUT2D eigenvalue weighted by Gasteiger charge is -2.28. The Labute approximate surface area is 340 Å². The lowest BCUT2D eigenvalue weighted by Crippen LogP contribution is -2.45. The van der Waals surface area contributed by atoms with Crippen LogP contribution in [-0.2, 0) is 33.0 Å². The molecule has 318 valence electrons. The van der Waals surface area contributed by atoms with Crippen molar-refractivity contribution in [3.05, 3.63) is 44.9 Å². The van der Waals surface area contributed by atoms with Gasteiger partial charge in [0.25, 0.3) is 0 Å². The number of halogens is 3. The first-order chi connectivity index (χ1) is 26.0. The molecule has 19 nitrogen and oxygen atoms in total. The lowest BCUT2D eigenvalue weighted by molar-refractivity contribution is -0.139. The molecular weight excluding hydrogens is 845 g/mol. The highest BCUT2D eigenvalue weighted by molar-refractivity contribution is 8.00. The van der Waals surface area contributed by atoms with E-state index in [1.807, 2.05) is 5.09 Å². The SMILES string of the molecule is CC(NP(=O)(O)OOc1ccc(Cl)c(Cl)c1OC[C@H]1S[C@@H](n2ccc(N(C(=O)OC(C)(C)C)C(=O)OC(C)(C)C)nc2=O)[C@@H](F)[C@@H]1OC(=O)OC(C)(C)C)C(=O)O. The Morgan fingerprint density at radius 3 is 2.07 bits per heavy atom. The van der Waals surface area contributed by atoms with Gasteiger partial charge in [-0.1, -0.05) is 27.9 Å². The standard InChI is InChI=1S/C33H44Cl2FN4O15PS/c1-16(26(41)42)38-56(47,48)55-54-18-12-11-17(34)21(35)23(18)49-15-19-24(50-30(46)53-33(8,9)10)22(36)25(57-19)39-14-13-20(37-27(39)43)40(28(44)51-31(2,3)4)29(45)52-32(5,6)7/h11-14,16,19,22,24-25H,15H2,1-10H3,(H,41,42)(H2,38,47,48)/t16?,19-,22+,24-,25-/m1/s1. The fourth-order valence-corrected chi connectivity index (χ4v) is 7.11. The van der Waals surface area contributed by atoms with E-state index in [0.29, 0.717) is 4.90 Å². The number of thioether (sulfide) groups is 1. The number of carboxylic acids is 1. The number of aliphatic carboxylic acids is 1. The number of rotatable bonds is 12. The predicted octanol–water partition coefficient (Wildman–Crippen LogP) is 7.05. The molecule has 3 N–H and O–H groups in total. The number of amides is 2. The van der Waals surface area contributed by atoms with Crippen LogP contribution in [0.5, 0.6) is 11.5 Å². The summed E-state index contributed by atoms with van der Waals surface area (Å²) in [5.74, 6) is -2.78. The minimum Gasteiger partial charge on any atom is -0.487 e. The molecule has 1 aliphatic heterocycles. The van der Waals surface area contributed by atoms with Crippen LogP contribution in [0.15, 0.2) is 29.2 Å². The summed E-state index contributed by atoms with van der Waals surface area (Å²) in [5, 5.41) is 7.87. The number of benzene rings is 1. The maximum Gasteiger partial charge on any atom is 0.509 e. The number of carbonyl (C=O) groups excluding carboxylic acids is 3. The van der Waals surface area contributed by atoms with Crippen molar-refractivity contribution in [1.29, 1.82) is 0 Å². The van der Waals surface area contributed by atoms with Gasteiger partial charge >= 0.3 is 37.7 Å². The largest absolute Gasteiger partial charge is 0.509 e. The van der Waals surface area contributed by atoms with Crippen LogP contribution in [0.1, 0.15) is 74.6 Å². The Bertz CT molecular complexity index is 1910. The van der Waals surface area contributed by atoms with E-state index in [0.717, 1.165) is 41.6 Å². The van der Waals surface area contributed by atoms with Crippen LogP contribution in [0.25, 0.3) is 0 Å². The molecule has 0 aliphatic carbocycles. The van der Waals surface area contributed by atoms with Crippen molar-refractivity contribution < 1.29 is 71.4 Å². The maximum atomic E-state index is 16.5. The molecule has 2 amide bonds. The van der Waals surface area contributed by atoms with E-state index in [1.165, 1.54) is 6.07 Å². The molecule has 1 aromatic carbocycles. The lowest BCUT2D eigenvalue weighted by atomic mass is 10.1. The number of carbonyl (C=O) groups is 4. The summed E-state index contributed by atoms with van der Waals surface area (Å²) in [6.45, 7) is 14.5. The van der Waals surface area contributed by atoms with Gasteiger partial charge in [0.1, 0.15) is 39.8 Å². The van der Waals surface area contributed by atoms with Crippen molar-refractivity contribution in [2.24, 2.45) is 0 Å². The average Bonchev–Trinajstić information content (AvgIpc) is 3.32. The summed E-state index contributed by atoms with van der Waals surface area (Å²) in [4.78, 5) is 82.9. The first-order valence-corrected chi connectivity index (χ1v) is 20.1. The van der Waals surface area contributed by atoms with Crippen molar-refractivity contribution in [1.82, 2.24) is 14.6 Å². The maximum absolute atomic E-state index is 16.5. The Balaban J connectivity index is 1.98. The van der Waals surface area contributed by atoms with E-state index in [9.17, 15) is 33.4 Å². The number of ether oxygens (including phenoxy) is 5. The number of carboxylic acid groups (broad SMARTS) is 1. The molecule has 1 saturated heterocycles. The number of hydrogen-bond donors (Lipinski definition) is 3. The van der Waals surface area contributed by atoms with Crippen LogP contribution in [0.2, 0.25) is 10.0 Å². The van der Waals surface area contributed by atoms with Gasteiger partial charge in [-0.25, -0.2) is 33.2 Å². The second kappa shape index (κ2) is 18.4. The third-order valence-corrected chi connectivity index (χ3v) is 10.0. The van der Waals surface area contributed by atoms with Crippen molar-refractivity contribution in [3.63, 3.8) is 0 Å². The van der Waals surface area contributed by atoms with Gasteiger partial charge in [0.15, 0.2) is 23.8 Å². The van der Waals surface area contributed by atoms with Gasteiger partial charge < -0.3 is 38.6 Å². The Kier molecular flexibility index (Phi) is 15.3. The summed E-state index contributed by atoms with van der Waals surface area (Å²) in [5.41, 5.74) is -4.31. The molecule has 2 aromatic rings. The van der Waals surface area contributed by atoms with Crippen LogP contribution < -0.4 is 25.3 Å². The van der Waals surface area contributed by atoms with Gasteiger partial charge in [-0.2, -0.15) is 9.88 Å². The zero-order chi connectivity index (χ0) is 43.4. The first-order valence-electron chi connectivity index (χ1n) is 16.8. The second-order valence-electron chi connectivity index (χ2n) is 15.2. The molecule has 6 atom stereocenters. The minimum absolute atomic E-state index is 0.0878. The highest BCUT2D eigenvalue weighted by Gasteiger charge is 2.50. The molecule has 2 heterocycles. The summed E-state index contributed by atoms with van der Waals surface area (Å²) in [7, 11) is -4.90. The number of hydrogen-bond acceptors (Lipinski definition) is 15. The van der Waals surface area contributed by atoms with Gasteiger partial charge in [0.05, 0.1) is 10.3 Å². The highest BCUT2D eigenvalue weighted by atomic mass is 35.5. The van der Waals surface area contributed by atoms with Crippen LogP contribution in [0.3, 0.4) is 0 Å². The zero-order valence-electron chi connectivity index (χ0n) is 32.4. The minimum atomic E-state index is -4.90. The molecular formula is C33H44Cl2FN4O15PS. The van der Waals surface area contributed by atoms with Crippen molar-refractivity contribution in [2.75, 3.05) is 11.5 Å². The van der Waals surface area contributed by atoms with Gasteiger partial charge in [0.2, 0.25) is 5.75 Å². The smallest absolute Gasteiger partial charge is 0.487 e. The van der Waals surface area contributed by atoms with Crippen LogP contribution in [0, 0.1) is 0 Å². The van der Waals surface area contributed by atoms with E-state index < -0.39 is 107 Å². The summed E-state index contributed by atoms with van der Waals surface area (Å²) >= 11 is 13.3. The Morgan fingerprint density at radius 2 is 1.56 bits per heavy atom. The molecule has 0 saturated carbocycles. The third kappa shape index (κ3) is 13.9. The Hall–Kier alpha value is -3.85. The molecule has 24 heteroatoms. The average molecular weight is 890 g/mol. The van der Waals surface area contributed by atoms with Crippen LogP contribution in [-0.4, -0.2) is 90.8 Å². The highest BCUT2D eigenvalue weighted by Crippen LogP contribution is 2.47. The van der Waals surface area contributed by atoms with Crippen LogP contribution in [0.4, 0.5) is 24.6 Å². The number of nitrogens with one attached hydrogen (secondary N) is 1. The Morgan fingerprint density at radius 1 is 1.00 bits per heavy atom. The molecule has 2 unspecified atom stereocenters. The monoisotopic (exact) mass is 888 g/mol. The fourth-order valence-electron chi connectivity index (χ4n) is 4.47. The molecule has 0 radical (unpaired) electrons. The quantitative estimate of drug-likeness (QED) is 0.0636. The molecule has 1 fully saturated rings. The van der Waals surface area contributed by atoms with E-state index in [1.54, 1.807) is 62.3 Å². The number of nitrogens with zero attached hydrogens (tertiary/aromatic N) is 3.